The molecule has 2 amide bonds. The van der Waals surface area contributed by atoms with E-state index in [4.69, 9.17) is 5.73 Å². The normalized spacial score (nSPS) is 12.9. The lowest BCUT2D eigenvalue weighted by molar-refractivity contribution is -0.130. The Hall–Kier alpha value is -1.10. The Balaban J connectivity index is 3.96. The maximum atomic E-state index is 11.7. The van der Waals surface area contributed by atoms with Gasteiger partial charge >= 0.3 is 0 Å². The number of hydrogen-bond donors (Lipinski definition) is 2. The van der Waals surface area contributed by atoms with Gasteiger partial charge in [0.25, 0.3) is 0 Å². The zero-order chi connectivity index (χ0) is 15.1. The summed E-state index contributed by atoms with van der Waals surface area (Å²) in [4.78, 5) is 25.1. The van der Waals surface area contributed by atoms with E-state index in [0.29, 0.717) is 32.5 Å². The highest BCUT2D eigenvalue weighted by molar-refractivity contribution is 5.79. The molecule has 5 heteroatoms. The minimum atomic E-state index is -0.175. The SMILES string of the molecule is CCN(CC)C(=O)CCNC(=O)CC(N)C(C)(C)C. The Kier molecular flexibility index (Phi) is 7.68. The summed E-state index contributed by atoms with van der Waals surface area (Å²) in [5.41, 5.74) is 5.85. The summed E-state index contributed by atoms with van der Waals surface area (Å²) < 4.78 is 0. The van der Waals surface area contributed by atoms with Crippen molar-refractivity contribution in [2.45, 2.75) is 53.5 Å². The Morgan fingerprint density at radius 2 is 1.74 bits per heavy atom. The van der Waals surface area contributed by atoms with Crippen LogP contribution < -0.4 is 11.1 Å². The van der Waals surface area contributed by atoms with Crippen molar-refractivity contribution in [3.63, 3.8) is 0 Å². The quantitative estimate of drug-likeness (QED) is 0.728. The number of hydrogen-bond acceptors (Lipinski definition) is 3. The molecule has 0 fully saturated rings. The Morgan fingerprint density at radius 3 is 2.16 bits per heavy atom. The number of carbonyl (C=O) groups is 2. The van der Waals surface area contributed by atoms with Gasteiger partial charge in [-0.25, -0.2) is 0 Å². The average Bonchev–Trinajstić information content (AvgIpc) is 2.29. The maximum absolute atomic E-state index is 11.7. The second kappa shape index (κ2) is 8.15. The highest BCUT2D eigenvalue weighted by atomic mass is 16.2. The van der Waals surface area contributed by atoms with Crippen molar-refractivity contribution in [2.24, 2.45) is 11.1 Å². The molecule has 0 aliphatic heterocycles. The van der Waals surface area contributed by atoms with Crippen LogP contribution in [0.2, 0.25) is 0 Å². The van der Waals surface area contributed by atoms with E-state index in [9.17, 15) is 9.59 Å². The van der Waals surface area contributed by atoms with E-state index in [-0.39, 0.29) is 23.3 Å². The van der Waals surface area contributed by atoms with Crippen molar-refractivity contribution in [3.8, 4) is 0 Å². The Labute approximate surface area is 116 Å². The molecule has 0 aromatic rings. The van der Waals surface area contributed by atoms with Gasteiger partial charge < -0.3 is 16.0 Å². The largest absolute Gasteiger partial charge is 0.356 e. The Bertz CT molecular complexity index is 294. The third-order valence-corrected chi connectivity index (χ3v) is 3.29. The van der Waals surface area contributed by atoms with E-state index in [0.717, 1.165) is 0 Å². The molecule has 5 nitrogen and oxygen atoms in total. The van der Waals surface area contributed by atoms with Crippen LogP contribution in [0.4, 0.5) is 0 Å². The molecule has 0 bridgehead atoms. The highest BCUT2D eigenvalue weighted by Crippen LogP contribution is 2.19. The molecule has 0 spiro atoms. The first-order valence-corrected chi connectivity index (χ1v) is 7.02. The molecule has 0 saturated heterocycles. The zero-order valence-electron chi connectivity index (χ0n) is 13.0. The van der Waals surface area contributed by atoms with Crippen LogP contribution in [-0.4, -0.2) is 42.4 Å². The summed E-state index contributed by atoms with van der Waals surface area (Å²) in [7, 11) is 0. The lowest BCUT2D eigenvalue weighted by atomic mass is 9.85. The molecule has 0 heterocycles. The van der Waals surface area contributed by atoms with Crippen molar-refractivity contribution in [3.05, 3.63) is 0 Å². The fraction of sp³-hybridized carbons (Fsp3) is 0.857. The van der Waals surface area contributed by atoms with Crippen LogP contribution in [0.15, 0.2) is 0 Å². The molecule has 0 saturated carbocycles. The van der Waals surface area contributed by atoms with Gasteiger partial charge in [0.05, 0.1) is 0 Å². The third kappa shape index (κ3) is 7.15. The van der Waals surface area contributed by atoms with Gasteiger partial charge in [-0.1, -0.05) is 20.8 Å². The molecule has 19 heavy (non-hydrogen) atoms. The van der Waals surface area contributed by atoms with Crippen LogP contribution >= 0.6 is 0 Å². The molecule has 0 aromatic heterocycles. The highest BCUT2D eigenvalue weighted by Gasteiger charge is 2.23. The van der Waals surface area contributed by atoms with Gasteiger partial charge in [0.15, 0.2) is 0 Å². The molecule has 112 valence electrons. The lowest BCUT2D eigenvalue weighted by Crippen LogP contribution is -2.41. The number of amides is 2. The zero-order valence-corrected chi connectivity index (χ0v) is 13.0. The van der Waals surface area contributed by atoms with Crippen molar-refractivity contribution in [2.75, 3.05) is 19.6 Å². The van der Waals surface area contributed by atoms with Gasteiger partial charge in [0.1, 0.15) is 0 Å². The second-order valence-electron chi connectivity index (χ2n) is 5.84. The topological polar surface area (TPSA) is 75.4 Å². The van der Waals surface area contributed by atoms with Gasteiger partial charge in [0.2, 0.25) is 11.8 Å². The second-order valence-corrected chi connectivity index (χ2v) is 5.84. The molecular formula is C14H29N3O2. The van der Waals surface area contributed by atoms with Crippen molar-refractivity contribution < 1.29 is 9.59 Å². The number of nitrogens with zero attached hydrogens (tertiary/aromatic N) is 1. The van der Waals surface area contributed by atoms with E-state index in [2.05, 4.69) is 5.32 Å². The van der Waals surface area contributed by atoms with Crippen LogP contribution in [-0.2, 0) is 9.59 Å². The van der Waals surface area contributed by atoms with E-state index >= 15 is 0 Å². The summed E-state index contributed by atoms with van der Waals surface area (Å²) in [5, 5.41) is 2.75. The van der Waals surface area contributed by atoms with Gasteiger partial charge in [-0.05, 0) is 19.3 Å². The molecular weight excluding hydrogens is 242 g/mol. The van der Waals surface area contributed by atoms with Gasteiger partial charge in [0, 0.05) is 38.5 Å². The van der Waals surface area contributed by atoms with Crippen LogP contribution in [0, 0.1) is 5.41 Å². The fourth-order valence-electron chi connectivity index (χ4n) is 1.62. The summed E-state index contributed by atoms with van der Waals surface area (Å²) in [6.45, 7) is 11.7. The fourth-order valence-corrected chi connectivity index (χ4v) is 1.62. The van der Waals surface area contributed by atoms with Crippen molar-refractivity contribution in [1.29, 1.82) is 0 Å². The minimum Gasteiger partial charge on any atom is -0.356 e. The van der Waals surface area contributed by atoms with Crippen LogP contribution in [0.1, 0.15) is 47.5 Å². The molecule has 0 aliphatic rings. The molecule has 1 unspecified atom stereocenters. The Morgan fingerprint density at radius 1 is 1.21 bits per heavy atom. The summed E-state index contributed by atoms with van der Waals surface area (Å²) in [6.07, 6.45) is 0.640. The molecule has 0 rings (SSSR count). The van der Waals surface area contributed by atoms with Crippen LogP contribution in [0.3, 0.4) is 0 Å². The van der Waals surface area contributed by atoms with E-state index in [1.54, 1.807) is 4.90 Å². The smallest absolute Gasteiger partial charge is 0.224 e. The molecule has 1 atom stereocenters. The third-order valence-electron chi connectivity index (χ3n) is 3.29. The van der Waals surface area contributed by atoms with E-state index in [1.807, 2.05) is 34.6 Å². The predicted octanol–water partition coefficient (Wildman–Crippen LogP) is 1.12. The number of nitrogens with two attached hydrogens (primary N) is 1. The molecule has 0 aliphatic carbocycles. The van der Waals surface area contributed by atoms with Gasteiger partial charge in [-0.15, -0.1) is 0 Å². The minimum absolute atomic E-state index is 0.0745. The van der Waals surface area contributed by atoms with Gasteiger partial charge in [-0.3, -0.25) is 9.59 Å². The molecule has 0 radical (unpaired) electrons. The summed E-state index contributed by atoms with van der Waals surface area (Å²) in [5.74, 6) is -0.0137. The van der Waals surface area contributed by atoms with Crippen LogP contribution in [0.5, 0.6) is 0 Å². The van der Waals surface area contributed by atoms with Crippen molar-refractivity contribution in [1.82, 2.24) is 10.2 Å². The number of rotatable bonds is 7. The predicted molar refractivity (Wildman–Crippen MR) is 77.6 cm³/mol. The number of carbonyl (C=O) groups excluding carboxylic acids is 2. The number of nitrogens with one attached hydrogen (secondary N) is 1. The summed E-state index contributed by atoms with van der Waals surface area (Å²) >= 11 is 0. The monoisotopic (exact) mass is 271 g/mol. The first-order valence-electron chi connectivity index (χ1n) is 7.02. The lowest BCUT2D eigenvalue weighted by Gasteiger charge is -2.26. The standard InChI is InChI=1S/C14H29N3O2/c1-6-17(7-2)13(19)8-9-16-12(18)10-11(15)14(3,4)5/h11H,6-10,15H2,1-5H3,(H,16,18). The maximum Gasteiger partial charge on any atom is 0.224 e. The van der Waals surface area contributed by atoms with Gasteiger partial charge in [-0.2, -0.15) is 0 Å². The summed E-state index contributed by atoms with van der Waals surface area (Å²) in [6, 6.07) is -0.175. The first kappa shape index (κ1) is 17.9. The molecule has 3 N–H and O–H groups in total. The van der Waals surface area contributed by atoms with E-state index < -0.39 is 0 Å². The van der Waals surface area contributed by atoms with Crippen molar-refractivity contribution >= 4 is 11.8 Å². The molecule has 0 aromatic carbocycles. The van der Waals surface area contributed by atoms with Crippen LogP contribution in [0.25, 0.3) is 0 Å². The first-order chi connectivity index (χ1) is 8.72. The van der Waals surface area contributed by atoms with E-state index in [1.165, 1.54) is 0 Å². The average molecular weight is 271 g/mol.